The zero-order chi connectivity index (χ0) is 48.5. The predicted molar refractivity (Wildman–Crippen MR) is 253 cm³/mol. The second-order valence-electron chi connectivity index (χ2n) is 15.2. The van der Waals surface area contributed by atoms with Crippen LogP contribution in [0.2, 0.25) is 12.1 Å². The molecule has 0 amide bonds. The predicted octanol–water partition coefficient (Wildman–Crippen LogP) is 4.90. The third kappa shape index (κ3) is 37.2. The highest BCUT2D eigenvalue weighted by molar-refractivity contribution is 6.61. The molecule has 66 heavy (non-hydrogen) atoms. The zero-order valence-electron chi connectivity index (χ0n) is 42.5. The molecule has 0 saturated carbocycles. The molecule has 0 aliphatic heterocycles. The minimum atomic E-state index is -3.21. The number of Topliss-reactive ketones (excluding diaryl/α,β-unsaturated/α-hetero) is 1. The summed E-state index contributed by atoms with van der Waals surface area (Å²) in [4.78, 5) is 14.1. The molecule has 0 radical (unpaired) electrons. The Kier molecular flexibility index (Phi) is 48.9. The van der Waals surface area contributed by atoms with Gasteiger partial charge in [-0.15, -0.1) is 0 Å². The van der Waals surface area contributed by atoms with Gasteiger partial charge in [-0.25, -0.2) is 0 Å². The molecule has 0 aromatic rings. The molecule has 21 heteroatoms. The summed E-state index contributed by atoms with van der Waals surface area (Å²) >= 11 is 0. The largest absolute Gasteiger partial charge is 0.501 e. The van der Waals surface area contributed by atoms with Gasteiger partial charge in [0.05, 0.1) is 159 Å². The van der Waals surface area contributed by atoms with E-state index in [9.17, 15) is 4.79 Å². The minimum Gasteiger partial charge on any atom is -0.382 e. The third-order valence-corrected chi connectivity index (χ3v) is 16.0. The van der Waals surface area contributed by atoms with Crippen molar-refractivity contribution >= 4 is 23.4 Å². The standard InChI is InChI=1S/C45H94O19Si2/c1-9-43(15-11-13-41-65(59-35-29-53-23-17-47-3,60-36-30-54-24-18-48-4)61-37-31-55-25-19-49-5)45(46)44(10-2)16-12-14-42-66(62-38-32-56-26-20-50-6,63-39-33-57-27-21-51-7)64-40-34-58-28-22-52-8/h43-44H,9-42H2,1-8H3. The number of hydrogen-bond acceptors (Lipinski definition) is 19. The van der Waals surface area contributed by atoms with Crippen LogP contribution in [0.25, 0.3) is 0 Å². The van der Waals surface area contributed by atoms with E-state index in [1.54, 1.807) is 42.7 Å². The molecule has 0 spiro atoms. The fourth-order valence-electron chi connectivity index (χ4n) is 6.58. The van der Waals surface area contributed by atoms with E-state index in [1.807, 2.05) is 0 Å². The molecule has 0 N–H and O–H groups in total. The van der Waals surface area contributed by atoms with Crippen LogP contribution in [-0.4, -0.2) is 225 Å². The van der Waals surface area contributed by atoms with Gasteiger partial charge in [-0.05, 0) is 38.5 Å². The number of ketones is 1. The van der Waals surface area contributed by atoms with Crippen LogP contribution in [0.15, 0.2) is 0 Å². The summed E-state index contributed by atoms with van der Waals surface area (Å²) in [6, 6.07) is 1.16. The Morgan fingerprint density at radius 3 is 0.727 bits per heavy atom. The molecule has 19 nitrogen and oxygen atoms in total. The van der Waals surface area contributed by atoms with Crippen LogP contribution in [0.3, 0.4) is 0 Å². The third-order valence-electron chi connectivity index (χ3n) is 10.3. The van der Waals surface area contributed by atoms with Gasteiger partial charge < -0.3 is 83.4 Å². The van der Waals surface area contributed by atoms with Crippen LogP contribution < -0.4 is 0 Å². The molecule has 0 aromatic carbocycles. The number of rotatable bonds is 56. The highest BCUT2D eigenvalue weighted by Gasteiger charge is 2.42. The Morgan fingerprint density at radius 2 is 0.530 bits per heavy atom. The second-order valence-corrected chi connectivity index (χ2v) is 20.7. The van der Waals surface area contributed by atoms with E-state index in [4.69, 9.17) is 83.4 Å². The number of carbonyl (C=O) groups excluding carboxylic acids is 1. The lowest BCUT2D eigenvalue weighted by molar-refractivity contribution is -0.127. The lowest BCUT2D eigenvalue weighted by Gasteiger charge is -2.30. The van der Waals surface area contributed by atoms with E-state index >= 15 is 0 Å². The van der Waals surface area contributed by atoms with Crippen molar-refractivity contribution in [2.24, 2.45) is 11.8 Å². The summed E-state index contributed by atoms with van der Waals surface area (Å²) in [6.45, 7) is 14.1. The molecule has 0 aliphatic carbocycles. The Bertz CT molecular complexity index is 855. The van der Waals surface area contributed by atoms with Gasteiger partial charge >= 0.3 is 17.6 Å². The summed E-state index contributed by atoms with van der Waals surface area (Å²) in [7, 11) is 3.41. The summed E-state index contributed by atoms with van der Waals surface area (Å²) in [5, 5.41) is 0. The van der Waals surface area contributed by atoms with Gasteiger partial charge in [0, 0.05) is 66.6 Å². The fourth-order valence-corrected chi connectivity index (χ4v) is 11.7. The monoisotopic (exact) mass is 995 g/mol. The molecule has 0 fully saturated rings. The minimum absolute atomic E-state index is 0.0517. The number of ether oxygens (including phenoxy) is 12. The summed E-state index contributed by atoms with van der Waals surface area (Å²) in [6.07, 6.45) is 6.27. The van der Waals surface area contributed by atoms with Crippen molar-refractivity contribution in [1.82, 2.24) is 0 Å². The maximum atomic E-state index is 14.1. The first kappa shape index (κ1) is 65.4. The Morgan fingerprint density at radius 1 is 0.318 bits per heavy atom. The van der Waals surface area contributed by atoms with E-state index in [-0.39, 0.29) is 11.8 Å². The van der Waals surface area contributed by atoms with Crippen molar-refractivity contribution in [2.45, 2.75) is 77.3 Å². The number of unbranched alkanes of at least 4 members (excludes halogenated alkanes) is 2. The van der Waals surface area contributed by atoms with Crippen molar-refractivity contribution in [3.8, 4) is 0 Å². The molecule has 396 valence electrons. The van der Waals surface area contributed by atoms with Crippen LogP contribution in [0.4, 0.5) is 0 Å². The molecule has 2 unspecified atom stereocenters. The number of carbonyl (C=O) groups is 1. The Labute approximate surface area is 401 Å². The summed E-state index contributed by atoms with van der Waals surface area (Å²) in [5.41, 5.74) is 0. The summed E-state index contributed by atoms with van der Waals surface area (Å²) < 4.78 is 103. The molecule has 2 atom stereocenters. The van der Waals surface area contributed by atoms with E-state index in [0.29, 0.717) is 176 Å². The van der Waals surface area contributed by atoms with Gasteiger partial charge in [0.15, 0.2) is 0 Å². The quantitative estimate of drug-likeness (QED) is 0.0592. The Hall–Kier alpha value is -0.616. The molecule has 0 aliphatic rings. The maximum Gasteiger partial charge on any atom is 0.501 e. The molecular weight excluding hydrogens is 901 g/mol. The normalized spacial score (nSPS) is 13.2. The maximum absolute atomic E-state index is 14.1. The molecule has 0 bridgehead atoms. The average Bonchev–Trinajstić information content (AvgIpc) is 3.33. The molecule has 0 aromatic heterocycles. The Balaban J connectivity index is 5.71. The first-order valence-electron chi connectivity index (χ1n) is 24.1. The van der Waals surface area contributed by atoms with E-state index in [2.05, 4.69) is 13.8 Å². The van der Waals surface area contributed by atoms with Crippen molar-refractivity contribution < 1.29 is 88.2 Å². The van der Waals surface area contributed by atoms with E-state index < -0.39 is 17.6 Å². The van der Waals surface area contributed by atoms with E-state index in [0.717, 1.165) is 51.4 Å². The smallest absolute Gasteiger partial charge is 0.382 e. The lowest BCUT2D eigenvalue weighted by Crippen LogP contribution is -2.48. The van der Waals surface area contributed by atoms with Gasteiger partial charge in [0.25, 0.3) is 0 Å². The highest BCUT2D eigenvalue weighted by Crippen LogP contribution is 2.28. The first-order valence-corrected chi connectivity index (χ1v) is 28.0. The van der Waals surface area contributed by atoms with Crippen molar-refractivity contribution in [2.75, 3.05) is 201 Å². The van der Waals surface area contributed by atoms with Crippen LogP contribution in [0, 0.1) is 11.8 Å². The van der Waals surface area contributed by atoms with E-state index in [1.165, 1.54) is 0 Å². The van der Waals surface area contributed by atoms with Crippen LogP contribution in [0.1, 0.15) is 65.2 Å². The first-order chi connectivity index (χ1) is 32.4. The molecular formula is C45H94O19Si2. The number of hydrogen-bond donors (Lipinski definition) is 0. The average molecular weight is 995 g/mol. The summed E-state index contributed by atoms with van der Waals surface area (Å²) in [5.74, 6) is 0.219. The molecule has 0 heterocycles. The highest BCUT2D eigenvalue weighted by atomic mass is 28.4. The number of methoxy groups -OCH3 is 6. The van der Waals surface area contributed by atoms with Gasteiger partial charge in [-0.3, -0.25) is 4.79 Å². The SMILES string of the molecule is CCC(CCCC[Si](OCCOCCOC)(OCCOCCOC)OCCOCCOC)C(=O)C(CC)CCCC[Si](OCCOCCOC)(OCCOCCOC)OCCOCCOC. The van der Waals surface area contributed by atoms with Gasteiger partial charge in [0.1, 0.15) is 5.78 Å². The van der Waals surface area contributed by atoms with Crippen LogP contribution in [-0.2, 0) is 88.2 Å². The van der Waals surface area contributed by atoms with Gasteiger partial charge in [-0.1, -0.05) is 26.7 Å². The lowest BCUT2D eigenvalue weighted by atomic mass is 9.83. The van der Waals surface area contributed by atoms with Crippen molar-refractivity contribution in [3.63, 3.8) is 0 Å². The fraction of sp³-hybridized carbons (Fsp3) is 0.978. The zero-order valence-corrected chi connectivity index (χ0v) is 44.5. The van der Waals surface area contributed by atoms with Gasteiger partial charge in [0.2, 0.25) is 0 Å². The molecule has 0 rings (SSSR count). The van der Waals surface area contributed by atoms with Crippen LogP contribution >= 0.6 is 0 Å². The topological polar surface area (TPSA) is 183 Å². The second kappa shape index (κ2) is 49.4. The van der Waals surface area contributed by atoms with Gasteiger partial charge in [-0.2, -0.15) is 0 Å². The van der Waals surface area contributed by atoms with Crippen molar-refractivity contribution in [3.05, 3.63) is 0 Å². The molecule has 0 saturated heterocycles. The van der Waals surface area contributed by atoms with Crippen LogP contribution in [0.5, 0.6) is 0 Å². The van der Waals surface area contributed by atoms with Crippen molar-refractivity contribution in [1.29, 1.82) is 0 Å².